The van der Waals surface area contributed by atoms with Crippen LogP contribution in [0.15, 0.2) is 70.5 Å². The number of thiol groups is 1. The number of aliphatic hydroxyl groups excluding tert-OH is 1. The molecule has 2 unspecified atom stereocenters. The Balaban J connectivity index is 3.34. The van der Waals surface area contributed by atoms with Crippen LogP contribution in [0.3, 0.4) is 0 Å². The topological polar surface area (TPSA) is 60.3 Å². The molecule has 0 fully saturated rings. The molecule has 206 valence electrons. The quantitative estimate of drug-likeness (QED) is 0.115. The number of aliphatic hydroxyl groups is 1. The van der Waals surface area contributed by atoms with Crippen molar-refractivity contribution >= 4 is 19.3 Å². The van der Waals surface area contributed by atoms with E-state index in [4.69, 9.17) is 4.74 Å². The van der Waals surface area contributed by atoms with Crippen LogP contribution in [-0.4, -0.2) is 81.1 Å². The third kappa shape index (κ3) is 11.8. The maximum absolute atomic E-state index is 14.3. The lowest BCUT2D eigenvalue weighted by molar-refractivity contribution is 0.00243. The SMILES string of the molecule is C=N/C(C)=C\N(C)C\C=C/C(=C\COC)/C=C(\CCS)C(O)N(CC)C(CNC)c1cc(C)cc(F)c1. The fourth-order valence-electron chi connectivity index (χ4n) is 4.09. The number of aryl methyl sites for hydroxylation is 1. The summed E-state index contributed by atoms with van der Waals surface area (Å²) in [6.45, 7) is 11.6. The average molecular weight is 533 g/mol. The highest BCUT2D eigenvalue weighted by atomic mass is 32.1. The Morgan fingerprint density at radius 1 is 1.35 bits per heavy atom. The zero-order chi connectivity index (χ0) is 27.8. The van der Waals surface area contributed by atoms with Crippen LogP contribution in [0.4, 0.5) is 4.39 Å². The van der Waals surface area contributed by atoms with Gasteiger partial charge in [0.05, 0.1) is 18.3 Å². The number of nitrogens with zero attached hydrogens (tertiary/aromatic N) is 3. The first-order valence-corrected chi connectivity index (χ1v) is 13.2. The van der Waals surface area contributed by atoms with Crippen molar-refractivity contribution in [1.29, 1.82) is 0 Å². The highest BCUT2D eigenvalue weighted by Gasteiger charge is 2.27. The Labute approximate surface area is 228 Å². The lowest BCUT2D eigenvalue weighted by Crippen LogP contribution is -2.43. The summed E-state index contributed by atoms with van der Waals surface area (Å²) < 4.78 is 19.5. The van der Waals surface area contributed by atoms with Gasteiger partial charge in [0.2, 0.25) is 0 Å². The normalized spacial score (nSPS) is 14.9. The molecule has 6 nitrogen and oxygen atoms in total. The molecule has 0 aliphatic rings. The molecule has 1 rings (SSSR count). The molecule has 1 aromatic carbocycles. The van der Waals surface area contributed by atoms with Crippen LogP contribution in [0.1, 0.15) is 37.4 Å². The van der Waals surface area contributed by atoms with Crippen molar-refractivity contribution in [3.8, 4) is 0 Å². The molecule has 2 N–H and O–H groups in total. The molecular formula is C29H45FN4O2S. The van der Waals surface area contributed by atoms with Gasteiger partial charge in [0, 0.05) is 33.4 Å². The van der Waals surface area contributed by atoms with E-state index in [0.29, 0.717) is 38.4 Å². The van der Waals surface area contributed by atoms with E-state index in [1.807, 2.05) is 81.2 Å². The van der Waals surface area contributed by atoms with Gasteiger partial charge >= 0.3 is 0 Å². The van der Waals surface area contributed by atoms with E-state index in [9.17, 15) is 9.50 Å². The van der Waals surface area contributed by atoms with Crippen molar-refractivity contribution in [1.82, 2.24) is 15.1 Å². The van der Waals surface area contributed by atoms with Crippen LogP contribution in [-0.2, 0) is 4.74 Å². The second-order valence-electron chi connectivity index (χ2n) is 8.96. The third-order valence-corrected chi connectivity index (χ3v) is 6.08. The minimum atomic E-state index is -0.870. The molecule has 0 aliphatic heterocycles. The standard InChI is InChI=1S/C29H45FN4O2S/c1-8-34(28(20-31-4)26-16-22(2)17-27(30)19-26)29(35)25(12-15-37)18-24(11-14-36-7)10-9-13-33(6)21-23(3)32-5/h9-11,16-19,21,28-29,31,35,37H,5,8,12-15,20H2,1-4,6-7H3/b10-9-,23-21-,24-11+,25-18+. The number of halogens is 1. The van der Waals surface area contributed by atoms with Crippen molar-refractivity contribution in [2.45, 2.75) is 39.5 Å². The lowest BCUT2D eigenvalue weighted by atomic mass is 9.99. The monoisotopic (exact) mass is 532 g/mol. The van der Waals surface area contributed by atoms with Gasteiger partial charge in [-0.2, -0.15) is 12.6 Å². The predicted octanol–water partition coefficient (Wildman–Crippen LogP) is 4.90. The highest BCUT2D eigenvalue weighted by molar-refractivity contribution is 7.80. The highest BCUT2D eigenvalue weighted by Crippen LogP contribution is 2.28. The van der Waals surface area contributed by atoms with Crippen LogP contribution < -0.4 is 5.32 Å². The van der Waals surface area contributed by atoms with Gasteiger partial charge in [-0.05, 0) is 80.7 Å². The summed E-state index contributed by atoms with van der Waals surface area (Å²) in [5.41, 5.74) is 4.28. The average Bonchev–Trinajstić information content (AvgIpc) is 2.85. The Hall–Kier alpha value is -2.23. The Morgan fingerprint density at radius 2 is 2.08 bits per heavy atom. The maximum atomic E-state index is 14.3. The molecule has 0 amide bonds. The largest absolute Gasteiger partial charge is 0.381 e. The first kappa shape index (κ1) is 32.8. The van der Waals surface area contributed by atoms with Crippen LogP contribution >= 0.6 is 12.6 Å². The van der Waals surface area contributed by atoms with Crippen LogP contribution in [0, 0.1) is 12.7 Å². The molecule has 37 heavy (non-hydrogen) atoms. The minimum absolute atomic E-state index is 0.216. The van der Waals surface area contributed by atoms with E-state index < -0.39 is 6.23 Å². The molecular weight excluding hydrogens is 487 g/mol. The molecule has 0 heterocycles. The van der Waals surface area contributed by atoms with E-state index in [0.717, 1.165) is 28.0 Å². The molecule has 1 aromatic rings. The molecule has 0 bridgehead atoms. The summed E-state index contributed by atoms with van der Waals surface area (Å²) in [7, 11) is 5.48. The number of allylic oxidation sites excluding steroid dienone is 4. The molecule has 0 saturated carbocycles. The Morgan fingerprint density at radius 3 is 2.65 bits per heavy atom. The summed E-state index contributed by atoms with van der Waals surface area (Å²) in [5, 5.41) is 14.8. The first-order valence-electron chi connectivity index (χ1n) is 12.6. The smallest absolute Gasteiger partial charge is 0.130 e. The number of likely N-dealkylation sites (N-methyl/N-ethyl adjacent to an activating group) is 3. The van der Waals surface area contributed by atoms with E-state index in [1.165, 1.54) is 6.07 Å². The van der Waals surface area contributed by atoms with Gasteiger partial charge in [-0.1, -0.05) is 37.3 Å². The molecule has 0 saturated heterocycles. The Kier molecular flexibility index (Phi) is 16.0. The van der Waals surface area contributed by atoms with Gasteiger partial charge in [0.1, 0.15) is 12.0 Å². The summed E-state index contributed by atoms with van der Waals surface area (Å²) in [5.74, 6) is 0.306. The number of ether oxygens (including phenoxy) is 1. The lowest BCUT2D eigenvalue weighted by Gasteiger charge is -2.36. The zero-order valence-electron chi connectivity index (χ0n) is 23.2. The van der Waals surface area contributed by atoms with E-state index in [2.05, 4.69) is 29.7 Å². The van der Waals surface area contributed by atoms with Crippen LogP contribution in [0.5, 0.6) is 0 Å². The van der Waals surface area contributed by atoms with Crippen LogP contribution in [0.25, 0.3) is 0 Å². The number of aliphatic imine (C=N–C) groups is 1. The number of rotatable bonds is 17. The fraction of sp³-hybridized carbons (Fsp3) is 0.483. The summed E-state index contributed by atoms with van der Waals surface area (Å²) in [6, 6.07) is 4.82. The van der Waals surface area contributed by atoms with Gasteiger partial charge in [0.15, 0.2) is 0 Å². The summed E-state index contributed by atoms with van der Waals surface area (Å²) in [4.78, 5) is 7.92. The maximum Gasteiger partial charge on any atom is 0.130 e. The van der Waals surface area contributed by atoms with E-state index in [1.54, 1.807) is 13.2 Å². The summed E-state index contributed by atoms with van der Waals surface area (Å²) >= 11 is 4.45. The van der Waals surface area contributed by atoms with E-state index in [-0.39, 0.29) is 11.9 Å². The minimum Gasteiger partial charge on any atom is -0.381 e. The van der Waals surface area contributed by atoms with Crippen molar-refractivity contribution in [3.05, 3.63) is 82.5 Å². The molecule has 0 spiro atoms. The second kappa shape index (κ2) is 18.1. The zero-order valence-corrected chi connectivity index (χ0v) is 24.1. The van der Waals surface area contributed by atoms with Gasteiger partial charge in [-0.15, -0.1) is 0 Å². The number of benzene rings is 1. The van der Waals surface area contributed by atoms with Gasteiger partial charge in [0.25, 0.3) is 0 Å². The molecule has 8 heteroatoms. The predicted molar refractivity (Wildman–Crippen MR) is 158 cm³/mol. The van der Waals surface area contributed by atoms with Gasteiger partial charge in [-0.3, -0.25) is 9.89 Å². The first-order chi connectivity index (χ1) is 17.7. The van der Waals surface area contributed by atoms with Crippen LogP contribution in [0.2, 0.25) is 0 Å². The van der Waals surface area contributed by atoms with Crippen molar-refractivity contribution in [2.24, 2.45) is 4.99 Å². The molecule has 0 aromatic heterocycles. The van der Waals surface area contributed by atoms with Gasteiger partial charge in [-0.25, -0.2) is 4.39 Å². The fourth-order valence-corrected chi connectivity index (χ4v) is 4.35. The number of nitrogens with one attached hydrogen (secondary N) is 1. The van der Waals surface area contributed by atoms with Gasteiger partial charge < -0.3 is 20.1 Å². The van der Waals surface area contributed by atoms with Crippen molar-refractivity contribution in [3.63, 3.8) is 0 Å². The molecule has 0 radical (unpaired) electrons. The number of hydrogen-bond donors (Lipinski definition) is 3. The third-order valence-electron chi connectivity index (χ3n) is 5.86. The number of methoxy groups -OCH3 is 1. The summed E-state index contributed by atoms with van der Waals surface area (Å²) in [6.07, 6.45) is 9.70. The van der Waals surface area contributed by atoms with Crippen molar-refractivity contribution in [2.75, 3.05) is 53.2 Å². The second-order valence-corrected chi connectivity index (χ2v) is 9.41. The molecule has 0 aliphatic carbocycles. The molecule has 2 atom stereocenters. The van der Waals surface area contributed by atoms with E-state index >= 15 is 0 Å². The Bertz CT molecular complexity index is 941. The van der Waals surface area contributed by atoms with Crippen molar-refractivity contribution < 1.29 is 14.2 Å². The number of hydrogen-bond acceptors (Lipinski definition) is 7.